The van der Waals surface area contributed by atoms with Gasteiger partial charge in [-0.2, -0.15) is 5.10 Å². The predicted molar refractivity (Wildman–Crippen MR) is 113 cm³/mol. The summed E-state index contributed by atoms with van der Waals surface area (Å²) in [6, 6.07) is 21.8. The number of fused-ring (bicyclic) bond motifs is 1. The first-order valence-electron chi connectivity index (χ1n) is 9.13. The number of ether oxygens (including phenoxy) is 1. The van der Waals surface area contributed by atoms with Crippen molar-refractivity contribution in [3.05, 3.63) is 94.4 Å². The third-order valence-corrected chi connectivity index (χ3v) is 4.51. The third kappa shape index (κ3) is 3.87. The Balaban J connectivity index is 1.56. The summed E-state index contributed by atoms with van der Waals surface area (Å²) < 4.78 is 7.00. The molecule has 4 aromatic rings. The molecule has 0 spiro atoms. The van der Waals surface area contributed by atoms with Crippen molar-refractivity contribution < 1.29 is 9.53 Å². The lowest BCUT2D eigenvalue weighted by Gasteiger charge is -2.10. The number of benzene rings is 3. The van der Waals surface area contributed by atoms with E-state index in [2.05, 4.69) is 10.4 Å². The van der Waals surface area contributed by atoms with Crippen molar-refractivity contribution in [1.82, 2.24) is 9.78 Å². The van der Waals surface area contributed by atoms with E-state index < -0.39 is 0 Å². The van der Waals surface area contributed by atoms with Gasteiger partial charge in [-0.25, -0.2) is 4.68 Å². The van der Waals surface area contributed by atoms with Gasteiger partial charge >= 0.3 is 0 Å². The summed E-state index contributed by atoms with van der Waals surface area (Å²) in [5.41, 5.74) is 1.67. The zero-order valence-electron chi connectivity index (χ0n) is 16.0. The number of hydrogen-bond donors (Lipinski definition) is 1. The molecule has 1 aromatic heterocycles. The van der Waals surface area contributed by atoms with Crippen LogP contribution < -0.4 is 15.6 Å². The van der Waals surface area contributed by atoms with Crippen LogP contribution in [-0.2, 0) is 7.05 Å². The highest BCUT2D eigenvalue weighted by molar-refractivity contribution is 6.11. The van der Waals surface area contributed by atoms with Crippen LogP contribution in [0.3, 0.4) is 0 Å². The maximum absolute atomic E-state index is 12.8. The van der Waals surface area contributed by atoms with E-state index in [9.17, 15) is 9.59 Å². The van der Waals surface area contributed by atoms with Gasteiger partial charge in [0.15, 0.2) is 5.69 Å². The molecule has 29 heavy (non-hydrogen) atoms. The van der Waals surface area contributed by atoms with E-state index in [0.29, 0.717) is 22.2 Å². The van der Waals surface area contributed by atoms with Crippen LogP contribution in [0.1, 0.15) is 16.1 Å². The molecule has 144 valence electrons. The van der Waals surface area contributed by atoms with Crippen molar-refractivity contribution >= 4 is 22.4 Å². The van der Waals surface area contributed by atoms with Gasteiger partial charge in [-0.1, -0.05) is 30.3 Å². The minimum Gasteiger partial charge on any atom is -0.457 e. The molecule has 0 atom stereocenters. The third-order valence-electron chi connectivity index (χ3n) is 4.51. The number of carbonyl (C=O) groups excluding carboxylic acids is 1. The van der Waals surface area contributed by atoms with Crippen LogP contribution in [0.2, 0.25) is 0 Å². The summed E-state index contributed by atoms with van der Waals surface area (Å²) in [6.07, 6.45) is 0. The first kappa shape index (κ1) is 18.4. The molecular weight excluding hydrogens is 366 g/mol. The van der Waals surface area contributed by atoms with Crippen molar-refractivity contribution in [2.45, 2.75) is 6.92 Å². The van der Waals surface area contributed by atoms with E-state index in [1.165, 1.54) is 11.7 Å². The number of nitrogens with zero attached hydrogens (tertiary/aromatic N) is 2. The number of hydrogen-bond acceptors (Lipinski definition) is 4. The first-order chi connectivity index (χ1) is 14.0. The van der Waals surface area contributed by atoms with E-state index in [0.717, 1.165) is 11.3 Å². The maximum Gasteiger partial charge on any atom is 0.276 e. The first-order valence-corrected chi connectivity index (χ1v) is 9.13. The van der Waals surface area contributed by atoms with Gasteiger partial charge in [-0.3, -0.25) is 9.59 Å². The molecule has 0 saturated heterocycles. The summed E-state index contributed by atoms with van der Waals surface area (Å²) in [7, 11) is 1.53. The Labute approximate surface area is 167 Å². The van der Waals surface area contributed by atoms with Gasteiger partial charge in [-0.15, -0.1) is 0 Å². The van der Waals surface area contributed by atoms with E-state index in [1.54, 1.807) is 48.5 Å². The minimum absolute atomic E-state index is 0.197. The quantitative estimate of drug-likeness (QED) is 0.569. The van der Waals surface area contributed by atoms with Gasteiger partial charge in [0.05, 0.1) is 5.39 Å². The molecular formula is C23H19N3O3. The molecule has 0 aliphatic rings. The highest BCUT2D eigenvalue weighted by Gasteiger charge is 2.15. The van der Waals surface area contributed by atoms with Crippen LogP contribution in [0, 0.1) is 6.92 Å². The molecule has 1 heterocycles. The van der Waals surface area contributed by atoms with Crippen molar-refractivity contribution in [2.24, 2.45) is 7.05 Å². The summed E-state index contributed by atoms with van der Waals surface area (Å²) in [6.45, 7) is 2.00. The second kappa shape index (κ2) is 7.59. The molecule has 0 radical (unpaired) electrons. The highest BCUT2D eigenvalue weighted by Crippen LogP contribution is 2.24. The van der Waals surface area contributed by atoms with Crippen LogP contribution >= 0.6 is 0 Å². The zero-order chi connectivity index (χ0) is 20.4. The fraction of sp³-hybridized carbons (Fsp3) is 0.0870. The predicted octanol–water partition coefficient (Wildman–Crippen LogP) is 4.29. The van der Waals surface area contributed by atoms with Crippen molar-refractivity contribution in [2.75, 3.05) is 5.32 Å². The lowest BCUT2D eigenvalue weighted by Crippen LogP contribution is -2.25. The van der Waals surface area contributed by atoms with Gasteiger partial charge in [0.25, 0.3) is 11.5 Å². The largest absolute Gasteiger partial charge is 0.457 e. The lowest BCUT2D eigenvalue weighted by atomic mass is 10.1. The molecule has 4 rings (SSSR count). The van der Waals surface area contributed by atoms with Gasteiger partial charge in [0, 0.05) is 18.1 Å². The standard InChI is InChI=1S/C23H19N3O3/c1-15-6-5-7-18(14-15)29-17-12-10-16(11-13-17)24-22(27)21-19-8-3-4-9-20(19)23(28)26(2)25-21/h3-14H,1-2H3,(H,24,27). The maximum atomic E-state index is 12.8. The normalized spacial score (nSPS) is 10.7. The van der Waals surface area contributed by atoms with Crippen molar-refractivity contribution in [1.29, 1.82) is 0 Å². The number of carbonyl (C=O) groups is 1. The van der Waals surface area contributed by atoms with Gasteiger partial charge in [0.1, 0.15) is 11.5 Å². The molecule has 6 nitrogen and oxygen atoms in total. The van der Waals surface area contributed by atoms with Crippen LogP contribution in [0.15, 0.2) is 77.6 Å². The molecule has 0 aliphatic carbocycles. The second-order valence-corrected chi connectivity index (χ2v) is 6.72. The lowest BCUT2D eigenvalue weighted by molar-refractivity contribution is 0.102. The average molecular weight is 385 g/mol. The van der Waals surface area contributed by atoms with E-state index in [1.807, 2.05) is 31.2 Å². The number of aryl methyl sites for hydroxylation is 2. The highest BCUT2D eigenvalue weighted by atomic mass is 16.5. The molecule has 0 saturated carbocycles. The monoisotopic (exact) mass is 385 g/mol. The van der Waals surface area contributed by atoms with Crippen LogP contribution in [0.5, 0.6) is 11.5 Å². The van der Waals surface area contributed by atoms with Crippen LogP contribution in [0.25, 0.3) is 10.8 Å². The number of nitrogens with one attached hydrogen (secondary N) is 1. The van der Waals surface area contributed by atoms with Gasteiger partial charge in [0.2, 0.25) is 0 Å². The van der Waals surface area contributed by atoms with Gasteiger partial charge in [-0.05, 0) is 55.0 Å². The topological polar surface area (TPSA) is 73.2 Å². The Morgan fingerprint density at radius 1 is 0.931 bits per heavy atom. The molecule has 0 fully saturated rings. The SMILES string of the molecule is Cc1cccc(Oc2ccc(NC(=O)c3nn(C)c(=O)c4ccccc34)cc2)c1. The Hall–Kier alpha value is -3.93. The molecule has 1 amide bonds. The smallest absolute Gasteiger partial charge is 0.276 e. The van der Waals surface area contributed by atoms with E-state index >= 15 is 0 Å². The number of anilines is 1. The summed E-state index contributed by atoms with van der Waals surface area (Å²) in [4.78, 5) is 25.0. The number of rotatable bonds is 4. The van der Waals surface area contributed by atoms with E-state index in [4.69, 9.17) is 4.74 Å². The van der Waals surface area contributed by atoms with Crippen LogP contribution in [0.4, 0.5) is 5.69 Å². The summed E-state index contributed by atoms with van der Waals surface area (Å²) >= 11 is 0. The molecule has 3 aromatic carbocycles. The molecule has 0 aliphatic heterocycles. The molecule has 6 heteroatoms. The molecule has 0 bridgehead atoms. The Kier molecular flexibility index (Phi) is 4.83. The summed E-state index contributed by atoms with van der Waals surface area (Å²) in [5, 5.41) is 7.95. The molecule has 1 N–H and O–H groups in total. The van der Waals surface area contributed by atoms with Crippen molar-refractivity contribution in [3.63, 3.8) is 0 Å². The van der Waals surface area contributed by atoms with Crippen molar-refractivity contribution in [3.8, 4) is 11.5 Å². The Bertz CT molecular complexity index is 1260. The number of aromatic nitrogens is 2. The zero-order valence-corrected chi connectivity index (χ0v) is 16.0. The Morgan fingerprint density at radius 3 is 2.38 bits per heavy atom. The second-order valence-electron chi connectivity index (χ2n) is 6.72. The van der Waals surface area contributed by atoms with E-state index in [-0.39, 0.29) is 17.2 Å². The minimum atomic E-state index is -0.385. The fourth-order valence-corrected chi connectivity index (χ4v) is 3.08. The average Bonchev–Trinajstić information content (AvgIpc) is 2.72. The van der Waals surface area contributed by atoms with Crippen LogP contribution in [-0.4, -0.2) is 15.7 Å². The molecule has 0 unspecified atom stereocenters. The number of amides is 1. The fourth-order valence-electron chi connectivity index (χ4n) is 3.08. The Morgan fingerprint density at radius 2 is 1.66 bits per heavy atom. The summed E-state index contributed by atoms with van der Waals surface area (Å²) in [5.74, 6) is 1.03. The van der Waals surface area contributed by atoms with Gasteiger partial charge < -0.3 is 10.1 Å².